The molecule has 0 bridgehead atoms. The van der Waals surface area contributed by atoms with Crippen LogP contribution >= 0.6 is 23.2 Å². The standard InChI is InChI=1S/C19H12Cl2FN3O5/c20-10-1-3-13(22)9(5-10)7-25-17(29)19(23-18(25)30)12-6-11(21)2-4-14(12)24(16(19)28)8-15(26)27/h1-6H,7-8H2,(H,23,30)(H,26,27)/t19-/m0/s1. The number of hydrogen-bond acceptors (Lipinski definition) is 4. The Kier molecular flexibility index (Phi) is 4.67. The van der Waals surface area contributed by atoms with Gasteiger partial charge in [0.25, 0.3) is 11.8 Å². The number of carboxylic acid groups (broad SMARTS) is 1. The second-order valence-electron chi connectivity index (χ2n) is 6.75. The first-order valence-electron chi connectivity index (χ1n) is 8.57. The van der Waals surface area contributed by atoms with Gasteiger partial charge in [0.1, 0.15) is 12.4 Å². The minimum atomic E-state index is -2.18. The molecule has 154 valence electrons. The van der Waals surface area contributed by atoms with Crippen LogP contribution < -0.4 is 10.2 Å². The third-order valence-corrected chi connectivity index (χ3v) is 5.42. The molecular weight excluding hydrogens is 440 g/mol. The average molecular weight is 452 g/mol. The Bertz CT molecular complexity index is 1140. The SMILES string of the molecule is O=C(O)CN1C(=O)[C@@]2(NC(=O)N(Cc3cc(Cl)ccc3F)C2=O)c2cc(Cl)ccc21. The number of fused-ring (bicyclic) bond motifs is 2. The molecule has 4 amide bonds. The first-order chi connectivity index (χ1) is 14.1. The smallest absolute Gasteiger partial charge is 0.326 e. The van der Waals surface area contributed by atoms with E-state index in [-0.39, 0.29) is 26.9 Å². The van der Waals surface area contributed by atoms with E-state index in [2.05, 4.69) is 5.32 Å². The van der Waals surface area contributed by atoms with E-state index in [9.17, 15) is 23.6 Å². The summed E-state index contributed by atoms with van der Waals surface area (Å²) in [5.41, 5.74) is -2.02. The first-order valence-corrected chi connectivity index (χ1v) is 9.32. The minimum Gasteiger partial charge on any atom is -0.480 e. The Labute approximate surface area is 178 Å². The van der Waals surface area contributed by atoms with Crippen molar-refractivity contribution >= 4 is 52.7 Å². The highest BCUT2D eigenvalue weighted by atomic mass is 35.5. The third kappa shape index (κ3) is 2.89. The van der Waals surface area contributed by atoms with Crippen molar-refractivity contribution in [2.75, 3.05) is 11.4 Å². The molecule has 0 unspecified atom stereocenters. The third-order valence-electron chi connectivity index (χ3n) is 4.95. The number of imide groups is 1. The highest BCUT2D eigenvalue weighted by Crippen LogP contribution is 2.45. The fourth-order valence-corrected chi connectivity index (χ4v) is 4.01. The maximum Gasteiger partial charge on any atom is 0.326 e. The fraction of sp³-hybridized carbons (Fsp3) is 0.158. The number of carboxylic acids is 1. The van der Waals surface area contributed by atoms with Gasteiger partial charge in [0, 0.05) is 21.2 Å². The summed E-state index contributed by atoms with van der Waals surface area (Å²) in [7, 11) is 0. The van der Waals surface area contributed by atoms with Crippen molar-refractivity contribution < 1.29 is 28.7 Å². The molecule has 0 radical (unpaired) electrons. The van der Waals surface area contributed by atoms with Crippen LogP contribution in [-0.4, -0.2) is 40.4 Å². The van der Waals surface area contributed by atoms with E-state index < -0.39 is 48.3 Å². The molecule has 8 nitrogen and oxygen atoms in total. The predicted octanol–water partition coefficient (Wildman–Crippen LogP) is 2.51. The van der Waals surface area contributed by atoms with E-state index in [1.54, 1.807) is 0 Å². The van der Waals surface area contributed by atoms with Gasteiger partial charge in [0.05, 0.1) is 12.2 Å². The summed E-state index contributed by atoms with van der Waals surface area (Å²) < 4.78 is 14.1. The lowest BCUT2D eigenvalue weighted by atomic mass is 9.91. The average Bonchev–Trinajstić information content (AvgIpc) is 3.05. The summed E-state index contributed by atoms with van der Waals surface area (Å²) in [5, 5.41) is 11.9. The highest BCUT2D eigenvalue weighted by Gasteiger charge is 2.64. The van der Waals surface area contributed by atoms with E-state index in [0.29, 0.717) is 4.90 Å². The number of nitrogens with zero attached hydrogens (tertiary/aromatic N) is 2. The van der Waals surface area contributed by atoms with Crippen LogP contribution in [0.2, 0.25) is 10.0 Å². The Balaban J connectivity index is 1.79. The van der Waals surface area contributed by atoms with Crippen molar-refractivity contribution in [1.82, 2.24) is 10.2 Å². The van der Waals surface area contributed by atoms with Crippen LogP contribution in [0.25, 0.3) is 0 Å². The Morgan fingerprint density at radius 3 is 2.37 bits per heavy atom. The number of carbonyl (C=O) groups excluding carboxylic acids is 3. The maximum absolute atomic E-state index is 14.1. The van der Waals surface area contributed by atoms with E-state index in [0.717, 1.165) is 11.0 Å². The van der Waals surface area contributed by atoms with Gasteiger partial charge in [-0.15, -0.1) is 0 Å². The molecule has 0 aliphatic carbocycles. The molecule has 11 heteroatoms. The van der Waals surface area contributed by atoms with Crippen LogP contribution in [0.15, 0.2) is 36.4 Å². The van der Waals surface area contributed by atoms with Crippen molar-refractivity contribution in [3.05, 3.63) is 63.4 Å². The van der Waals surface area contributed by atoms with Gasteiger partial charge in [-0.1, -0.05) is 23.2 Å². The van der Waals surface area contributed by atoms with Crippen molar-refractivity contribution in [2.24, 2.45) is 0 Å². The van der Waals surface area contributed by atoms with Gasteiger partial charge in [-0.05, 0) is 36.4 Å². The van der Waals surface area contributed by atoms with Gasteiger partial charge >= 0.3 is 12.0 Å². The maximum atomic E-state index is 14.1. The van der Waals surface area contributed by atoms with Crippen molar-refractivity contribution in [2.45, 2.75) is 12.1 Å². The number of urea groups is 1. The van der Waals surface area contributed by atoms with Crippen LogP contribution in [0.3, 0.4) is 0 Å². The number of hydrogen-bond donors (Lipinski definition) is 2. The van der Waals surface area contributed by atoms with Crippen LogP contribution in [0.4, 0.5) is 14.9 Å². The largest absolute Gasteiger partial charge is 0.480 e. The van der Waals surface area contributed by atoms with E-state index in [1.807, 2.05) is 0 Å². The molecule has 2 aromatic carbocycles. The minimum absolute atomic E-state index is 0.0257. The molecule has 4 rings (SSSR count). The van der Waals surface area contributed by atoms with Crippen molar-refractivity contribution in [3.63, 3.8) is 0 Å². The van der Waals surface area contributed by atoms with E-state index in [4.69, 9.17) is 28.3 Å². The highest BCUT2D eigenvalue weighted by molar-refractivity contribution is 6.32. The zero-order chi connectivity index (χ0) is 21.8. The van der Waals surface area contributed by atoms with Gasteiger partial charge in [-0.3, -0.25) is 24.2 Å². The summed E-state index contributed by atoms with van der Waals surface area (Å²) in [6.45, 7) is -1.19. The molecule has 0 aromatic heterocycles. The number of benzene rings is 2. The predicted molar refractivity (Wildman–Crippen MR) is 104 cm³/mol. The second kappa shape index (κ2) is 6.96. The monoisotopic (exact) mass is 451 g/mol. The number of halogens is 3. The summed E-state index contributed by atoms with van der Waals surface area (Å²) in [4.78, 5) is 51.9. The zero-order valence-electron chi connectivity index (χ0n) is 15.0. The molecule has 2 heterocycles. The molecule has 2 aliphatic rings. The number of amides is 4. The number of aliphatic carboxylic acids is 1. The Morgan fingerprint density at radius 1 is 1.03 bits per heavy atom. The molecule has 2 aromatic rings. The van der Waals surface area contributed by atoms with Gasteiger partial charge in [-0.25, -0.2) is 9.18 Å². The summed E-state index contributed by atoms with van der Waals surface area (Å²) >= 11 is 11.9. The lowest BCUT2D eigenvalue weighted by Crippen LogP contribution is -2.53. The molecule has 2 aliphatic heterocycles. The lowest BCUT2D eigenvalue weighted by molar-refractivity contribution is -0.141. The number of anilines is 1. The van der Waals surface area contributed by atoms with Gasteiger partial charge in [0.15, 0.2) is 0 Å². The number of nitrogens with one attached hydrogen (secondary N) is 1. The molecule has 1 saturated heterocycles. The normalized spacial score (nSPS) is 20.2. The zero-order valence-corrected chi connectivity index (χ0v) is 16.5. The van der Waals surface area contributed by atoms with Crippen molar-refractivity contribution in [1.29, 1.82) is 0 Å². The summed E-state index contributed by atoms with van der Waals surface area (Å²) in [6.07, 6.45) is 0. The first kappa shape index (κ1) is 20.1. The molecule has 1 spiro atoms. The molecule has 1 fully saturated rings. The van der Waals surface area contributed by atoms with Crippen LogP contribution in [0.5, 0.6) is 0 Å². The van der Waals surface area contributed by atoms with E-state index >= 15 is 0 Å². The summed E-state index contributed by atoms with van der Waals surface area (Å²) in [6, 6.07) is 6.88. The van der Waals surface area contributed by atoms with E-state index in [1.165, 1.54) is 30.3 Å². The number of rotatable bonds is 4. The summed E-state index contributed by atoms with van der Waals surface area (Å²) in [5.74, 6) is -3.89. The topological polar surface area (TPSA) is 107 Å². The van der Waals surface area contributed by atoms with Gasteiger partial charge in [-0.2, -0.15) is 0 Å². The van der Waals surface area contributed by atoms with Gasteiger partial charge < -0.3 is 10.4 Å². The molecule has 2 N–H and O–H groups in total. The Morgan fingerprint density at radius 2 is 1.67 bits per heavy atom. The van der Waals surface area contributed by atoms with Crippen LogP contribution in [-0.2, 0) is 26.5 Å². The second-order valence-corrected chi connectivity index (χ2v) is 7.63. The molecule has 1 atom stereocenters. The molecule has 0 saturated carbocycles. The molecule has 30 heavy (non-hydrogen) atoms. The van der Waals surface area contributed by atoms with Crippen molar-refractivity contribution in [3.8, 4) is 0 Å². The van der Waals surface area contributed by atoms with Crippen LogP contribution in [0, 0.1) is 5.82 Å². The quantitative estimate of drug-likeness (QED) is 0.548. The number of carbonyl (C=O) groups is 4. The Hall–Kier alpha value is -3.17. The van der Waals surface area contributed by atoms with Gasteiger partial charge in [0.2, 0.25) is 5.54 Å². The van der Waals surface area contributed by atoms with Crippen LogP contribution in [0.1, 0.15) is 11.1 Å². The fourth-order valence-electron chi connectivity index (χ4n) is 3.65. The lowest BCUT2D eigenvalue weighted by Gasteiger charge is -2.21. The molecular formula is C19H12Cl2FN3O5.